The molecule has 100 valence electrons. The summed E-state index contributed by atoms with van der Waals surface area (Å²) in [5.74, 6) is -0.285. The average molecular weight is 259 g/mol. The number of pyridine rings is 2. The van der Waals surface area contributed by atoms with Crippen LogP contribution in [0.2, 0.25) is 0 Å². The lowest BCUT2D eigenvalue weighted by atomic mass is 9.95. The number of aryl methyl sites for hydroxylation is 1. The van der Waals surface area contributed by atoms with Gasteiger partial charge in [-0.15, -0.1) is 0 Å². The average Bonchev–Trinajstić information content (AvgIpc) is 2.46. The molecule has 0 radical (unpaired) electrons. The van der Waals surface area contributed by atoms with Crippen molar-refractivity contribution in [2.45, 2.75) is 26.3 Å². The first-order valence-corrected chi connectivity index (χ1v) is 6.53. The third-order valence-corrected chi connectivity index (χ3v) is 3.16. The fraction of sp³-hybridized carbons (Fsp3) is 0.333. The van der Waals surface area contributed by atoms with Crippen LogP contribution in [0.5, 0.6) is 0 Å². The van der Waals surface area contributed by atoms with Crippen molar-refractivity contribution in [1.29, 1.82) is 0 Å². The summed E-state index contributed by atoms with van der Waals surface area (Å²) in [7, 11) is 0. The zero-order valence-electron chi connectivity index (χ0n) is 11.2. The van der Waals surface area contributed by atoms with Crippen LogP contribution in [0.15, 0.2) is 36.9 Å². The number of aromatic nitrogens is 2. The molecular weight excluding hydrogens is 241 g/mol. The van der Waals surface area contributed by atoms with Crippen LogP contribution in [0, 0.1) is 5.82 Å². The maximum absolute atomic E-state index is 14.0. The van der Waals surface area contributed by atoms with Gasteiger partial charge in [0.1, 0.15) is 5.82 Å². The normalized spacial score (nSPS) is 12.4. The van der Waals surface area contributed by atoms with Crippen molar-refractivity contribution in [2.24, 2.45) is 0 Å². The van der Waals surface area contributed by atoms with Crippen molar-refractivity contribution in [3.05, 3.63) is 59.4 Å². The van der Waals surface area contributed by atoms with E-state index in [-0.39, 0.29) is 11.9 Å². The van der Waals surface area contributed by atoms with Crippen molar-refractivity contribution in [3.63, 3.8) is 0 Å². The van der Waals surface area contributed by atoms with Crippen LogP contribution in [0.1, 0.15) is 36.6 Å². The Morgan fingerprint density at radius 1 is 1.11 bits per heavy atom. The van der Waals surface area contributed by atoms with E-state index in [1.807, 2.05) is 19.2 Å². The first-order valence-electron chi connectivity index (χ1n) is 6.53. The molecule has 1 atom stereocenters. The van der Waals surface area contributed by atoms with E-state index in [1.165, 1.54) is 6.20 Å². The largest absolute Gasteiger partial charge is 0.306 e. The van der Waals surface area contributed by atoms with Gasteiger partial charge in [0.05, 0.1) is 12.2 Å². The Kier molecular flexibility index (Phi) is 4.58. The molecule has 0 amide bonds. The van der Waals surface area contributed by atoms with Crippen LogP contribution >= 0.6 is 0 Å². The number of halogens is 1. The molecule has 2 aromatic rings. The zero-order chi connectivity index (χ0) is 13.7. The van der Waals surface area contributed by atoms with Gasteiger partial charge in [-0.1, -0.05) is 13.8 Å². The van der Waals surface area contributed by atoms with Gasteiger partial charge in [0, 0.05) is 24.2 Å². The summed E-state index contributed by atoms with van der Waals surface area (Å²) >= 11 is 0. The minimum absolute atomic E-state index is 0.161. The van der Waals surface area contributed by atoms with Gasteiger partial charge in [-0.2, -0.15) is 0 Å². The van der Waals surface area contributed by atoms with Crippen molar-refractivity contribution in [3.8, 4) is 0 Å². The van der Waals surface area contributed by atoms with Gasteiger partial charge in [0.25, 0.3) is 0 Å². The van der Waals surface area contributed by atoms with Crippen molar-refractivity contribution < 1.29 is 4.39 Å². The summed E-state index contributed by atoms with van der Waals surface area (Å²) in [6, 6.07) is 3.51. The van der Waals surface area contributed by atoms with E-state index in [2.05, 4.69) is 22.2 Å². The molecule has 1 N–H and O–H groups in total. The van der Waals surface area contributed by atoms with Crippen LogP contribution in [0.25, 0.3) is 0 Å². The maximum atomic E-state index is 14.0. The summed E-state index contributed by atoms with van der Waals surface area (Å²) in [5.41, 5.74) is 2.83. The molecule has 0 spiro atoms. The molecule has 0 saturated heterocycles. The Morgan fingerprint density at radius 3 is 2.42 bits per heavy atom. The lowest BCUT2D eigenvalue weighted by molar-refractivity contribution is 0.552. The Bertz CT molecular complexity index is 542. The molecule has 0 bridgehead atoms. The van der Waals surface area contributed by atoms with Gasteiger partial charge in [-0.05, 0) is 36.2 Å². The molecule has 0 aliphatic carbocycles. The maximum Gasteiger partial charge on any atom is 0.146 e. The number of nitrogens with zero attached hydrogens (tertiary/aromatic N) is 2. The fourth-order valence-electron chi connectivity index (χ4n) is 2.23. The Balaban J connectivity index is 2.49. The van der Waals surface area contributed by atoms with Crippen LogP contribution in [0.3, 0.4) is 0 Å². The second kappa shape index (κ2) is 6.38. The topological polar surface area (TPSA) is 37.8 Å². The standard InChI is InChI=1S/C15H18FN3/c1-3-11-9-17-7-5-12(11)15(19-4-2)13-6-8-18-10-14(13)16/h5-10,15,19H,3-4H2,1-2H3. The quantitative estimate of drug-likeness (QED) is 0.897. The summed E-state index contributed by atoms with van der Waals surface area (Å²) in [5, 5.41) is 3.34. The van der Waals surface area contributed by atoms with Crippen molar-refractivity contribution >= 4 is 0 Å². The van der Waals surface area contributed by atoms with Gasteiger partial charge in [-0.25, -0.2) is 4.39 Å². The van der Waals surface area contributed by atoms with Gasteiger partial charge in [0.2, 0.25) is 0 Å². The van der Waals surface area contributed by atoms with E-state index in [0.29, 0.717) is 5.56 Å². The molecule has 2 rings (SSSR count). The fourth-order valence-corrected chi connectivity index (χ4v) is 2.23. The first kappa shape index (κ1) is 13.6. The van der Waals surface area contributed by atoms with E-state index in [1.54, 1.807) is 18.5 Å². The summed E-state index contributed by atoms with van der Waals surface area (Å²) in [6.45, 7) is 4.85. The highest BCUT2D eigenvalue weighted by Gasteiger charge is 2.19. The smallest absolute Gasteiger partial charge is 0.146 e. The number of hydrogen-bond acceptors (Lipinski definition) is 3. The minimum atomic E-state index is -0.285. The lowest BCUT2D eigenvalue weighted by Gasteiger charge is -2.21. The highest BCUT2D eigenvalue weighted by molar-refractivity contribution is 5.35. The third-order valence-electron chi connectivity index (χ3n) is 3.16. The van der Waals surface area contributed by atoms with Crippen LogP contribution in [-0.4, -0.2) is 16.5 Å². The summed E-state index contributed by atoms with van der Waals surface area (Å²) in [4.78, 5) is 7.95. The van der Waals surface area contributed by atoms with E-state index >= 15 is 0 Å². The molecule has 0 saturated carbocycles. The SMILES string of the molecule is CCNC(c1ccncc1F)c1ccncc1CC. The highest BCUT2D eigenvalue weighted by Crippen LogP contribution is 2.26. The molecular formula is C15H18FN3. The molecule has 0 aliphatic rings. The van der Waals surface area contributed by atoms with E-state index in [4.69, 9.17) is 0 Å². The Hall–Kier alpha value is -1.81. The number of rotatable bonds is 5. The monoisotopic (exact) mass is 259 g/mol. The second-order valence-corrected chi connectivity index (χ2v) is 4.32. The molecule has 2 heterocycles. The van der Waals surface area contributed by atoms with E-state index in [9.17, 15) is 4.39 Å². The zero-order valence-corrected chi connectivity index (χ0v) is 11.2. The lowest BCUT2D eigenvalue weighted by Crippen LogP contribution is -2.24. The van der Waals surface area contributed by atoms with Crippen LogP contribution in [0.4, 0.5) is 4.39 Å². The number of nitrogens with one attached hydrogen (secondary N) is 1. The first-order chi connectivity index (χ1) is 9.27. The van der Waals surface area contributed by atoms with E-state index < -0.39 is 0 Å². The predicted octanol–water partition coefficient (Wildman–Crippen LogP) is 2.88. The van der Waals surface area contributed by atoms with Gasteiger partial charge in [-0.3, -0.25) is 9.97 Å². The minimum Gasteiger partial charge on any atom is -0.306 e. The Morgan fingerprint density at radius 2 is 1.79 bits per heavy atom. The molecule has 0 aliphatic heterocycles. The van der Waals surface area contributed by atoms with Gasteiger partial charge in [0.15, 0.2) is 0 Å². The number of hydrogen-bond donors (Lipinski definition) is 1. The van der Waals surface area contributed by atoms with Crippen molar-refractivity contribution in [1.82, 2.24) is 15.3 Å². The van der Waals surface area contributed by atoms with E-state index in [0.717, 1.165) is 24.1 Å². The molecule has 4 heteroatoms. The highest BCUT2D eigenvalue weighted by atomic mass is 19.1. The summed E-state index contributed by atoms with van der Waals surface area (Å²) in [6.07, 6.45) is 7.34. The molecule has 0 fully saturated rings. The Labute approximate surface area is 112 Å². The molecule has 0 aromatic carbocycles. The van der Waals surface area contributed by atoms with Crippen LogP contribution in [-0.2, 0) is 6.42 Å². The molecule has 19 heavy (non-hydrogen) atoms. The predicted molar refractivity (Wildman–Crippen MR) is 73.3 cm³/mol. The van der Waals surface area contributed by atoms with Gasteiger partial charge >= 0.3 is 0 Å². The third kappa shape index (κ3) is 2.96. The summed E-state index contributed by atoms with van der Waals surface area (Å²) < 4.78 is 14.0. The van der Waals surface area contributed by atoms with Crippen molar-refractivity contribution in [2.75, 3.05) is 6.54 Å². The molecule has 1 unspecified atom stereocenters. The molecule has 2 aromatic heterocycles. The van der Waals surface area contributed by atoms with Gasteiger partial charge < -0.3 is 5.32 Å². The second-order valence-electron chi connectivity index (χ2n) is 4.32. The van der Waals surface area contributed by atoms with Crippen LogP contribution < -0.4 is 5.32 Å². The molecule has 3 nitrogen and oxygen atoms in total.